The minimum Gasteiger partial charge on any atom is -0.486 e. The number of oxazole rings is 1. The molecule has 5 nitrogen and oxygen atoms in total. The molecule has 0 amide bonds. The highest BCUT2D eigenvalue weighted by molar-refractivity contribution is 6.30. The number of nitrogens with zero attached hydrogens (tertiary/aromatic N) is 1. The van der Waals surface area contributed by atoms with Gasteiger partial charge in [0, 0.05) is 10.6 Å². The maximum atomic E-state index is 12.1. The first kappa shape index (κ1) is 17.0. The minimum atomic E-state index is -0.539. The number of esters is 1. The molecule has 128 valence electrons. The summed E-state index contributed by atoms with van der Waals surface area (Å²) in [5.41, 5.74) is 0.889. The van der Waals surface area contributed by atoms with Gasteiger partial charge in [-0.05, 0) is 43.3 Å². The monoisotopic (exact) mass is 357 g/mol. The van der Waals surface area contributed by atoms with Crippen LogP contribution in [0.25, 0.3) is 11.5 Å². The molecule has 0 N–H and O–H groups in total. The number of aromatic nitrogens is 1. The number of hydrogen-bond acceptors (Lipinski definition) is 5. The van der Waals surface area contributed by atoms with Gasteiger partial charge >= 0.3 is 5.97 Å². The number of carbonyl (C=O) groups is 1. The molecule has 3 aromatic rings. The highest BCUT2D eigenvalue weighted by atomic mass is 35.5. The normalized spacial score (nSPS) is 10.5. The van der Waals surface area contributed by atoms with Crippen molar-refractivity contribution < 1.29 is 18.7 Å². The SMILES string of the molecule is CCOC(=O)c1nc(-c2ccccc2)oc1COc1ccc(Cl)cc1. The molecule has 2 aromatic carbocycles. The molecule has 0 atom stereocenters. The summed E-state index contributed by atoms with van der Waals surface area (Å²) in [7, 11) is 0. The van der Waals surface area contributed by atoms with Gasteiger partial charge in [-0.15, -0.1) is 0 Å². The van der Waals surface area contributed by atoms with Crippen LogP contribution in [0, 0.1) is 0 Å². The quantitative estimate of drug-likeness (QED) is 0.596. The number of halogens is 1. The lowest BCUT2D eigenvalue weighted by Gasteiger charge is -2.05. The van der Waals surface area contributed by atoms with Crippen LogP contribution in [-0.4, -0.2) is 17.6 Å². The smallest absolute Gasteiger partial charge is 0.360 e. The Morgan fingerprint density at radius 1 is 1.12 bits per heavy atom. The van der Waals surface area contributed by atoms with Gasteiger partial charge in [0.2, 0.25) is 5.89 Å². The largest absolute Gasteiger partial charge is 0.486 e. The van der Waals surface area contributed by atoms with Crippen molar-refractivity contribution in [2.24, 2.45) is 0 Å². The molecule has 0 radical (unpaired) electrons. The zero-order valence-corrected chi connectivity index (χ0v) is 14.3. The van der Waals surface area contributed by atoms with E-state index in [-0.39, 0.29) is 18.9 Å². The van der Waals surface area contributed by atoms with Gasteiger partial charge in [0.05, 0.1) is 6.61 Å². The third-order valence-corrected chi connectivity index (χ3v) is 3.62. The third-order valence-electron chi connectivity index (χ3n) is 3.37. The van der Waals surface area contributed by atoms with Crippen LogP contribution in [0.3, 0.4) is 0 Å². The average Bonchev–Trinajstić information content (AvgIpc) is 3.07. The lowest BCUT2D eigenvalue weighted by Crippen LogP contribution is -2.09. The van der Waals surface area contributed by atoms with E-state index >= 15 is 0 Å². The van der Waals surface area contributed by atoms with Crippen LogP contribution in [0.5, 0.6) is 5.75 Å². The highest BCUT2D eigenvalue weighted by Gasteiger charge is 2.22. The van der Waals surface area contributed by atoms with Gasteiger partial charge < -0.3 is 13.9 Å². The van der Waals surface area contributed by atoms with Crippen molar-refractivity contribution in [3.8, 4) is 17.2 Å². The Hall–Kier alpha value is -2.79. The van der Waals surface area contributed by atoms with Gasteiger partial charge in [-0.3, -0.25) is 0 Å². The van der Waals surface area contributed by atoms with Crippen LogP contribution in [-0.2, 0) is 11.3 Å². The van der Waals surface area contributed by atoms with E-state index in [0.717, 1.165) is 5.56 Å². The molecule has 0 aliphatic rings. The van der Waals surface area contributed by atoms with Crippen LogP contribution < -0.4 is 4.74 Å². The van der Waals surface area contributed by atoms with E-state index in [1.54, 1.807) is 31.2 Å². The molecule has 0 fully saturated rings. The van der Waals surface area contributed by atoms with Crippen molar-refractivity contribution in [2.45, 2.75) is 13.5 Å². The van der Waals surface area contributed by atoms with E-state index in [1.165, 1.54) is 0 Å². The minimum absolute atomic E-state index is 0.0512. The summed E-state index contributed by atoms with van der Waals surface area (Å²) < 4.78 is 16.5. The lowest BCUT2D eigenvalue weighted by atomic mass is 10.2. The van der Waals surface area contributed by atoms with Crippen molar-refractivity contribution >= 4 is 17.6 Å². The number of benzene rings is 2. The fourth-order valence-electron chi connectivity index (χ4n) is 2.19. The highest BCUT2D eigenvalue weighted by Crippen LogP contribution is 2.24. The summed E-state index contributed by atoms with van der Waals surface area (Å²) in [5, 5.41) is 0.616. The van der Waals surface area contributed by atoms with Crippen LogP contribution in [0.2, 0.25) is 5.02 Å². The molecule has 0 aliphatic heterocycles. The third kappa shape index (κ3) is 4.19. The number of rotatable bonds is 6. The van der Waals surface area contributed by atoms with Gasteiger partial charge in [0.1, 0.15) is 12.4 Å². The molecular formula is C19H16ClNO4. The molecular weight excluding hydrogens is 342 g/mol. The van der Waals surface area contributed by atoms with Crippen molar-refractivity contribution in [1.82, 2.24) is 4.98 Å². The van der Waals surface area contributed by atoms with Gasteiger partial charge in [0.25, 0.3) is 0 Å². The van der Waals surface area contributed by atoms with E-state index in [9.17, 15) is 4.79 Å². The Labute approximate surface area is 150 Å². The Balaban J connectivity index is 1.86. The molecule has 0 saturated carbocycles. The average molecular weight is 358 g/mol. The molecule has 0 bridgehead atoms. The molecule has 0 spiro atoms. The summed E-state index contributed by atoms with van der Waals surface area (Å²) in [5.74, 6) is 0.727. The molecule has 1 heterocycles. The number of carbonyl (C=O) groups excluding carboxylic acids is 1. The van der Waals surface area contributed by atoms with Crippen molar-refractivity contribution in [2.75, 3.05) is 6.61 Å². The van der Waals surface area contributed by atoms with Crippen molar-refractivity contribution in [3.63, 3.8) is 0 Å². The Kier molecular flexibility index (Phi) is 5.36. The Bertz CT molecular complexity index is 844. The summed E-state index contributed by atoms with van der Waals surface area (Å²) in [4.78, 5) is 16.4. The molecule has 3 rings (SSSR count). The fourth-order valence-corrected chi connectivity index (χ4v) is 2.32. The van der Waals surface area contributed by atoms with E-state index in [0.29, 0.717) is 22.4 Å². The second kappa shape index (κ2) is 7.85. The fraction of sp³-hybridized carbons (Fsp3) is 0.158. The molecule has 0 unspecified atom stereocenters. The van der Waals surface area contributed by atoms with Crippen molar-refractivity contribution in [3.05, 3.63) is 71.1 Å². The summed E-state index contributed by atoms with van der Waals surface area (Å²) in [6, 6.07) is 16.2. The Morgan fingerprint density at radius 3 is 2.52 bits per heavy atom. The van der Waals surface area contributed by atoms with E-state index in [4.69, 9.17) is 25.5 Å². The molecule has 25 heavy (non-hydrogen) atoms. The maximum Gasteiger partial charge on any atom is 0.360 e. The van der Waals surface area contributed by atoms with Crippen LogP contribution in [0.1, 0.15) is 23.2 Å². The van der Waals surface area contributed by atoms with E-state index in [1.807, 2.05) is 30.3 Å². The summed E-state index contributed by atoms with van der Waals surface area (Å²) in [6.45, 7) is 2.04. The molecule has 0 saturated heterocycles. The zero-order valence-electron chi connectivity index (χ0n) is 13.6. The van der Waals surface area contributed by atoms with Gasteiger partial charge in [-0.25, -0.2) is 9.78 Å². The van der Waals surface area contributed by atoms with Gasteiger partial charge in [0.15, 0.2) is 11.5 Å². The van der Waals surface area contributed by atoms with E-state index < -0.39 is 5.97 Å². The second-order valence-corrected chi connectivity index (χ2v) is 5.56. The standard InChI is InChI=1S/C19H16ClNO4/c1-2-23-19(22)17-16(12-24-15-10-8-14(20)9-11-15)25-18(21-17)13-6-4-3-5-7-13/h3-11H,2,12H2,1H3. The van der Waals surface area contributed by atoms with E-state index in [2.05, 4.69) is 4.98 Å². The summed E-state index contributed by atoms with van der Waals surface area (Å²) in [6.07, 6.45) is 0. The first-order valence-corrected chi connectivity index (χ1v) is 8.15. The second-order valence-electron chi connectivity index (χ2n) is 5.12. The summed E-state index contributed by atoms with van der Waals surface area (Å²) >= 11 is 5.86. The van der Waals surface area contributed by atoms with Crippen molar-refractivity contribution in [1.29, 1.82) is 0 Å². The predicted octanol–water partition coefficient (Wildman–Crippen LogP) is 4.75. The number of hydrogen-bond donors (Lipinski definition) is 0. The zero-order chi connectivity index (χ0) is 17.6. The first-order valence-electron chi connectivity index (χ1n) is 7.78. The maximum absolute atomic E-state index is 12.1. The van der Waals surface area contributed by atoms with Crippen LogP contribution in [0.15, 0.2) is 59.0 Å². The topological polar surface area (TPSA) is 61.6 Å². The Morgan fingerprint density at radius 2 is 1.84 bits per heavy atom. The van der Waals surface area contributed by atoms with Gasteiger partial charge in [-0.2, -0.15) is 0 Å². The predicted molar refractivity (Wildman–Crippen MR) is 93.7 cm³/mol. The van der Waals surface area contributed by atoms with Crippen LogP contribution in [0.4, 0.5) is 0 Å². The number of ether oxygens (including phenoxy) is 2. The first-order chi connectivity index (χ1) is 12.2. The van der Waals surface area contributed by atoms with Crippen LogP contribution >= 0.6 is 11.6 Å². The van der Waals surface area contributed by atoms with Gasteiger partial charge in [-0.1, -0.05) is 29.8 Å². The lowest BCUT2D eigenvalue weighted by molar-refractivity contribution is 0.0515. The molecule has 0 aliphatic carbocycles. The molecule has 1 aromatic heterocycles. The molecule has 6 heteroatoms.